The topological polar surface area (TPSA) is 65.9 Å². The van der Waals surface area contributed by atoms with E-state index < -0.39 is 0 Å². The molecule has 0 aromatic heterocycles. The summed E-state index contributed by atoms with van der Waals surface area (Å²) in [6.45, 7) is 3.79. The zero-order valence-electron chi connectivity index (χ0n) is 13.6. The summed E-state index contributed by atoms with van der Waals surface area (Å²) in [5.41, 5.74) is 1.04. The number of hydrogen-bond donors (Lipinski definition) is 3. The minimum Gasteiger partial charge on any atom is -0.392 e. The molecule has 0 spiro atoms. The Bertz CT molecular complexity index is 534. The van der Waals surface area contributed by atoms with Gasteiger partial charge in [0, 0.05) is 32.3 Å². The Labute approximate surface area is 153 Å². The van der Waals surface area contributed by atoms with Crippen molar-refractivity contribution in [2.24, 2.45) is 4.99 Å². The van der Waals surface area contributed by atoms with Crippen molar-refractivity contribution in [2.75, 3.05) is 20.2 Å². The number of rotatable bonds is 5. The molecule has 5 nitrogen and oxygen atoms in total. The Morgan fingerprint density at radius 2 is 2.22 bits per heavy atom. The minimum atomic E-state index is -0.389. The SMILES string of the molecule is CN=C(NCc1ccc(F)c(CO)c1)NCC1(C)CCCO1.I. The number of guanidine groups is 1. The van der Waals surface area contributed by atoms with Crippen molar-refractivity contribution in [1.82, 2.24) is 10.6 Å². The summed E-state index contributed by atoms with van der Waals surface area (Å²) in [6.07, 6.45) is 2.12. The highest BCUT2D eigenvalue weighted by Crippen LogP contribution is 2.23. The van der Waals surface area contributed by atoms with Gasteiger partial charge in [-0.05, 0) is 37.5 Å². The first-order chi connectivity index (χ1) is 10.6. The van der Waals surface area contributed by atoms with Gasteiger partial charge in [-0.2, -0.15) is 0 Å². The van der Waals surface area contributed by atoms with E-state index in [4.69, 9.17) is 9.84 Å². The lowest BCUT2D eigenvalue weighted by atomic mass is 10.0. The molecular formula is C16H25FIN3O2. The largest absolute Gasteiger partial charge is 0.392 e. The molecule has 3 N–H and O–H groups in total. The van der Waals surface area contributed by atoms with Gasteiger partial charge in [0.2, 0.25) is 0 Å². The predicted octanol–water partition coefficient (Wildman–Crippen LogP) is 2.17. The molecule has 1 heterocycles. The molecule has 0 amide bonds. The van der Waals surface area contributed by atoms with Crippen LogP contribution in [0.1, 0.15) is 30.9 Å². The van der Waals surface area contributed by atoms with Crippen molar-refractivity contribution in [2.45, 2.75) is 38.5 Å². The first kappa shape index (κ1) is 20.1. The Balaban J connectivity index is 0.00000264. The number of aliphatic hydroxyl groups excluding tert-OH is 1. The Morgan fingerprint density at radius 1 is 1.43 bits per heavy atom. The third-order valence-electron chi connectivity index (χ3n) is 3.89. The van der Waals surface area contributed by atoms with Crippen LogP contribution in [0.5, 0.6) is 0 Å². The highest BCUT2D eigenvalue weighted by atomic mass is 127. The molecule has 1 fully saturated rings. The molecule has 1 saturated heterocycles. The molecule has 1 atom stereocenters. The summed E-state index contributed by atoms with van der Waals surface area (Å²) in [4.78, 5) is 4.17. The maximum Gasteiger partial charge on any atom is 0.191 e. The van der Waals surface area contributed by atoms with Crippen LogP contribution in [-0.4, -0.2) is 36.9 Å². The summed E-state index contributed by atoms with van der Waals surface area (Å²) in [7, 11) is 1.71. The third kappa shape index (κ3) is 5.89. The smallest absolute Gasteiger partial charge is 0.191 e. The molecule has 130 valence electrons. The van der Waals surface area contributed by atoms with Gasteiger partial charge < -0.3 is 20.5 Å². The van der Waals surface area contributed by atoms with Crippen LogP contribution in [0.15, 0.2) is 23.2 Å². The molecule has 7 heteroatoms. The summed E-state index contributed by atoms with van der Waals surface area (Å²) in [6, 6.07) is 4.71. The van der Waals surface area contributed by atoms with Crippen LogP contribution in [0.3, 0.4) is 0 Å². The molecule has 1 unspecified atom stereocenters. The molecule has 1 aromatic rings. The minimum absolute atomic E-state index is 0. The quantitative estimate of drug-likeness (QED) is 0.376. The van der Waals surface area contributed by atoms with Crippen LogP contribution < -0.4 is 10.6 Å². The Morgan fingerprint density at radius 3 is 2.83 bits per heavy atom. The molecule has 2 rings (SSSR count). The average molecular weight is 437 g/mol. The summed E-state index contributed by atoms with van der Waals surface area (Å²) >= 11 is 0. The fourth-order valence-corrected chi connectivity index (χ4v) is 2.51. The number of aliphatic imine (C=N–C) groups is 1. The van der Waals surface area contributed by atoms with Crippen molar-refractivity contribution >= 4 is 29.9 Å². The number of nitrogens with one attached hydrogen (secondary N) is 2. The van der Waals surface area contributed by atoms with E-state index in [9.17, 15) is 4.39 Å². The average Bonchev–Trinajstić information content (AvgIpc) is 2.96. The first-order valence-corrected chi connectivity index (χ1v) is 7.53. The van der Waals surface area contributed by atoms with Crippen molar-refractivity contribution in [3.63, 3.8) is 0 Å². The molecular weight excluding hydrogens is 412 g/mol. The number of aliphatic hydroxyl groups is 1. The summed E-state index contributed by atoms with van der Waals surface area (Å²) < 4.78 is 19.1. The maximum absolute atomic E-state index is 13.3. The van der Waals surface area contributed by atoms with Gasteiger partial charge in [-0.15, -0.1) is 24.0 Å². The van der Waals surface area contributed by atoms with Gasteiger partial charge in [-0.25, -0.2) is 4.39 Å². The Kier molecular flexibility index (Phi) is 8.21. The number of ether oxygens (including phenoxy) is 1. The Hall–Kier alpha value is -0.930. The molecule has 1 aliphatic heterocycles. The summed E-state index contributed by atoms with van der Waals surface area (Å²) in [5, 5.41) is 15.5. The number of hydrogen-bond acceptors (Lipinski definition) is 3. The van der Waals surface area contributed by atoms with Gasteiger partial charge in [-0.3, -0.25) is 4.99 Å². The van der Waals surface area contributed by atoms with Gasteiger partial charge in [0.05, 0.1) is 12.2 Å². The molecule has 0 bridgehead atoms. The van der Waals surface area contributed by atoms with E-state index in [-0.39, 0.29) is 42.0 Å². The van der Waals surface area contributed by atoms with E-state index in [1.54, 1.807) is 19.2 Å². The van der Waals surface area contributed by atoms with Crippen LogP contribution >= 0.6 is 24.0 Å². The molecule has 23 heavy (non-hydrogen) atoms. The normalized spacial score (nSPS) is 21.0. The molecule has 1 aliphatic rings. The maximum atomic E-state index is 13.3. The summed E-state index contributed by atoms with van der Waals surface area (Å²) in [5.74, 6) is 0.284. The standard InChI is InChI=1S/C16H24FN3O2.HI/c1-16(6-3-7-22-16)11-20-15(18-2)19-9-12-4-5-14(17)13(8-12)10-21;/h4-5,8,21H,3,6-7,9-11H2,1-2H3,(H2,18,19,20);1H. The molecule has 0 aliphatic carbocycles. The van der Waals surface area contributed by atoms with E-state index in [0.717, 1.165) is 25.0 Å². The van der Waals surface area contributed by atoms with Crippen molar-refractivity contribution < 1.29 is 14.2 Å². The predicted molar refractivity (Wildman–Crippen MR) is 99.5 cm³/mol. The number of nitrogens with zero attached hydrogens (tertiary/aromatic N) is 1. The van der Waals surface area contributed by atoms with Crippen molar-refractivity contribution in [3.05, 3.63) is 35.1 Å². The van der Waals surface area contributed by atoms with Crippen molar-refractivity contribution in [3.8, 4) is 0 Å². The van der Waals surface area contributed by atoms with E-state index in [0.29, 0.717) is 24.6 Å². The highest BCUT2D eigenvalue weighted by molar-refractivity contribution is 14.0. The number of halogens is 2. The molecule has 0 saturated carbocycles. The lowest BCUT2D eigenvalue weighted by molar-refractivity contribution is 0.0243. The van der Waals surface area contributed by atoms with E-state index in [2.05, 4.69) is 22.5 Å². The van der Waals surface area contributed by atoms with Crippen molar-refractivity contribution in [1.29, 1.82) is 0 Å². The van der Waals surface area contributed by atoms with Gasteiger partial charge in [0.25, 0.3) is 0 Å². The lowest BCUT2D eigenvalue weighted by Gasteiger charge is -2.24. The zero-order valence-corrected chi connectivity index (χ0v) is 15.9. The van der Waals surface area contributed by atoms with Crippen LogP contribution in [0.25, 0.3) is 0 Å². The second-order valence-corrected chi connectivity index (χ2v) is 5.77. The number of benzene rings is 1. The van der Waals surface area contributed by atoms with Gasteiger partial charge in [0.1, 0.15) is 5.82 Å². The van der Waals surface area contributed by atoms with Crippen LogP contribution in [0.4, 0.5) is 4.39 Å². The lowest BCUT2D eigenvalue weighted by Crippen LogP contribution is -2.45. The molecule has 0 radical (unpaired) electrons. The van der Waals surface area contributed by atoms with E-state index in [1.165, 1.54) is 6.07 Å². The van der Waals surface area contributed by atoms with Crippen LogP contribution in [0, 0.1) is 5.82 Å². The fourth-order valence-electron chi connectivity index (χ4n) is 2.51. The van der Waals surface area contributed by atoms with E-state index >= 15 is 0 Å². The molecule has 1 aromatic carbocycles. The van der Waals surface area contributed by atoms with Crippen LogP contribution in [0.2, 0.25) is 0 Å². The fraction of sp³-hybridized carbons (Fsp3) is 0.562. The third-order valence-corrected chi connectivity index (χ3v) is 3.89. The second-order valence-electron chi connectivity index (χ2n) is 5.77. The van der Waals surface area contributed by atoms with Crippen LogP contribution in [-0.2, 0) is 17.9 Å². The monoisotopic (exact) mass is 437 g/mol. The second kappa shape index (κ2) is 9.39. The highest BCUT2D eigenvalue weighted by Gasteiger charge is 2.29. The van der Waals surface area contributed by atoms with Gasteiger partial charge in [0.15, 0.2) is 5.96 Å². The first-order valence-electron chi connectivity index (χ1n) is 7.53. The zero-order chi connectivity index (χ0) is 16.0. The van der Waals surface area contributed by atoms with Gasteiger partial charge >= 0.3 is 0 Å². The van der Waals surface area contributed by atoms with E-state index in [1.807, 2.05) is 0 Å². The van der Waals surface area contributed by atoms with Gasteiger partial charge in [-0.1, -0.05) is 6.07 Å².